The van der Waals surface area contributed by atoms with Gasteiger partial charge in [0.25, 0.3) is 0 Å². The molecule has 9 heteroatoms. The normalized spacial score (nSPS) is 16.1. The highest BCUT2D eigenvalue weighted by Gasteiger charge is 2.31. The molecule has 1 unspecified atom stereocenters. The van der Waals surface area contributed by atoms with Gasteiger partial charge in [0.1, 0.15) is 0 Å². The zero-order valence-electron chi connectivity index (χ0n) is 16.8. The first kappa shape index (κ1) is 21.8. The topological polar surface area (TPSA) is 113 Å². The maximum Gasteiger partial charge on any atom is 0.312 e. The first-order valence-electron chi connectivity index (χ1n) is 9.73. The average Bonchev–Trinajstić information content (AvgIpc) is 2.74. The number of aryl methyl sites for hydroxylation is 1. The molecule has 1 aliphatic rings. The van der Waals surface area contributed by atoms with E-state index >= 15 is 0 Å². The minimum absolute atomic E-state index is 0.0532. The molecule has 8 nitrogen and oxygen atoms in total. The van der Waals surface area contributed by atoms with Gasteiger partial charge in [0.05, 0.1) is 17.4 Å². The van der Waals surface area contributed by atoms with Crippen LogP contribution in [0.3, 0.4) is 0 Å². The van der Waals surface area contributed by atoms with E-state index in [1.54, 1.807) is 29.2 Å². The molecule has 1 heterocycles. The third-order valence-corrected chi connectivity index (χ3v) is 7.06. The molecule has 1 saturated heterocycles. The number of carbonyl (C=O) groups is 2. The van der Waals surface area contributed by atoms with E-state index in [0.29, 0.717) is 13.1 Å². The Balaban J connectivity index is 1.63. The highest BCUT2D eigenvalue weighted by atomic mass is 32.2. The summed E-state index contributed by atoms with van der Waals surface area (Å²) in [6.07, 6.45) is 0.0532. The van der Waals surface area contributed by atoms with E-state index in [2.05, 4.69) is 5.32 Å². The third-order valence-electron chi connectivity index (χ3n) is 5.15. The molecule has 1 atom stereocenters. The SMILES string of the molecule is Cc1ccc(S(=O)(=O)N2CCN(C(=O)CC(NC(N)=O)c3ccccc3)CC2)cc1. The van der Waals surface area contributed by atoms with E-state index in [9.17, 15) is 18.0 Å². The molecule has 160 valence electrons. The van der Waals surface area contributed by atoms with E-state index in [1.165, 1.54) is 4.31 Å². The third kappa shape index (κ3) is 5.17. The summed E-state index contributed by atoms with van der Waals surface area (Å²) in [6, 6.07) is 14.6. The highest BCUT2D eigenvalue weighted by Crippen LogP contribution is 2.21. The second-order valence-electron chi connectivity index (χ2n) is 7.27. The van der Waals surface area contributed by atoms with Crippen molar-refractivity contribution in [1.29, 1.82) is 0 Å². The number of sulfonamides is 1. The lowest BCUT2D eigenvalue weighted by atomic mass is 10.0. The van der Waals surface area contributed by atoms with Crippen molar-refractivity contribution in [2.24, 2.45) is 5.73 Å². The van der Waals surface area contributed by atoms with Crippen LogP contribution in [0.15, 0.2) is 59.5 Å². The number of amides is 3. The summed E-state index contributed by atoms with van der Waals surface area (Å²) < 4.78 is 27.0. The summed E-state index contributed by atoms with van der Waals surface area (Å²) >= 11 is 0. The number of hydrogen-bond acceptors (Lipinski definition) is 4. The quantitative estimate of drug-likeness (QED) is 0.725. The van der Waals surface area contributed by atoms with Crippen molar-refractivity contribution < 1.29 is 18.0 Å². The van der Waals surface area contributed by atoms with Gasteiger partial charge in [0, 0.05) is 26.2 Å². The number of benzene rings is 2. The van der Waals surface area contributed by atoms with Crippen molar-refractivity contribution in [3.05, 3.63) is 65.7 Å². The molecule has 0 aliphatic carbocycles. The first-order valence-corrected chi connectivity index (χ1v) is 11.2. The van der Waals surface area contributed by atoms with Crippen LogP contribution in [0.5, 0.6) is 0 Å². The smallest absolute Gasteiger partial charge is 0.312 e. The van der Waals surface area contributed by atoms with Crippen LogP contribution in [0.2, 0.25) is 0 Å². The Morgan fingerprint density at radius 2 is 1.60 bits per heavy atom. The Morgan fingerprint density at radius 3 is 2.17 bits per heavy atom. The van der Waals surface area contributed by atoms with E-state index in [0.717, 1.165) is 11.1 Å². The number of urea groups is 1. The van der Waals surface area contributed by atoms with Crippen LogP contribution in [0.4, 0.5) is 4.79 Å². The standard InChI is InChI=1S/C21H26N4O4S/c1-16-7-9-18(10-8-16)30(28,29)25-13-11-24(12-14-25)20(26)15-19(23-21(22)27)17-5-3-2-4-6-17/h2-10,19H,11-15H2,1H3,(H3,22,23,27). The van der Waals surface area contributed by atoms with Gasteiger partial charge in [-0.3, -0.25) is 4.79 Å². The van der Waals surface area contributed by atoms with Crippen molar-refractivity contribution in [2.75, 3.05) is 26.2 Å². The molecular weight excluding hydrogens is 404 g/mol. The number of hydrogen-bond donors (Lipinski definition) is 2. The monoisotopic (exact) mass is 430 g/mol. The van der Waals surface area contributed by atoms with Crippen molar-refractivity contribution in [2.45, 2.75) is 24.3 Å². The lowest BCUT2D eigenvalue weighted by Crippen LogP contribution is -2.51. The van der Waals surface area contributed by atoms with Gasteiger partial charge in [-0.15, -0.1) is 0 Å². The molecule has 30 heavy (non-hydrogen) atoms. The van der Waals surface area contributed by atoms with Gasteiger partial charge in [0.2, 0.25) is 15.9 Å². The van der Waals surface area contributed by atoms with Crippen LogP contribution in [-0.4, -0.2) is 55.7 Å². The molecule has 1 fully saturated rings. The number of rotatable bonds is 6. The molecule has 3 amide bonds. The van der Waals surface area contributed by atoms with Crippen LogP contribution in [0, 0.1) is 6.92 Å². The summed E-state index contributed by atoms with van der Waals surface area (Å²) in [5, 5.41) is 2.61. The largest absolute Gasteiger partial charge is 0.352 e. The average molecular weight is 431 g/mol. The lowest BCUT2D eigenvalue weighted by molar-refractivity contribution is -0.132. The molecule has 2 aromatic carbocycles. The lowest BCUT2D eigenvalue weighted by Gasteiger charge is -2.34. The van der Waals surface area contributed by atoms with Crippen LogP contribution in [0.1, 0.15) is 23.6 Å². The molecule has 0 bridgehead atoms. The predicted molar refractivity (Wildman–Crippen MR) is 113 cm³/mol. The van der Waals surface area contributed by atoms with E-state index in [-0.39, 0.29) is 30.3 Å². The molecular formula is C21H26N4O4S. The second kappa shape index (κ2) is 9.27. The summed E-state index contributed by atoms with van der Waals surface area (Å²) in [6.45, 7) is 2.93. The van der Waals surface area contributed by atoms with Crippen LogP contribution >= 0.6 is 0 Å². The molecule has 3 rings (SSSR count). The fraction of sp³-hybridized carbons (Fsp3) is 0.333. The predicted octanol–water partition coefficient (Wildman–Crippen LogP) is 1.63. The number of carbonyl (C=O) groups excluding carboxylic acids is 2. The number of nitrogens with one attached hydrogen (secondary N) is 1. The summed E-state index contributed by atoms with van der Waals surface area (Å²) in [5.74, 6) is -0.162. The van der Waals surface area contributed by atoms with Crippen LogP contribution in [-0.2, 0) is 14.8 Å². The Bertz CT molecular complexity index is 985. The van der Waals surface area contributed by atoms with Crippen LogP contribution < -0.4 is 11.1 Å². The fourth-order valence-electron chi connectivity index (χ4n) is 3.45. The van der Waals surface area contributed by atoms with E-state index < -0.39 is 22.1 Å². The Morgan fingerprint density at radius 1 is 1.00 bits per heavy atom. The Labute approximate surface area is 176 Å². The second-order valence-corrected chi connectivity index (χ2v) is 9.21. The molecule has 2 aromatic rings. The van der Waals surface area contributed by atoms with Crippen molar-refractivity contribution in [3.63, 3.8) is 0 Å². The maximum atomic E-state index is 12.8. The van der Waals surface area contributed by atoms with Crippen molar-refractivity contribution >= 4 is 22.0 Å². The Hall–Kier alpha value is -2.91. The summed E-state index contributed by atoms with van der Waals surface area (Å²) in [4.78, 5) is 26.0. The zero-order valence-corrected chi connectivity index (χ0v) is 17.6. The molecule has 3 N–H and O–H groups in total. The Kier molecular flexibility index (Phi) is 6.73. The van der Waals surface area contributed by atoms with Gasteiger partial charge in [-0.05, 0) is 24.6 Å². The fourth-order valence-corrected chi connectivity index (χ4v) is 4.87. The van der Waals surface area contributed by atoms with E-state index in [1.807, 2.05) is 37.3 Å². The molecule has 0 saturated carbocycles. The first-order chi connectivity index (χ1) is 14.3. The molecule has 0 aromatic heterocycles. The molecule has 0 spiro atoms. The van der Waals surface area contributed by atoms with Gasteiger partial charge in [0.15, 0.2) is 0 Å². The molecule has 1 aliphatic heterocycles. The maximum absolute atomic E-state index is 12.8. The number of nitrogens with two attached hydrogens (primary N) is 1. The van der Waals surface area contributed by atoms with Gasteiger partial charge in [-0.2, -0.15) is 4.31 Å². The number of nitrogens with zero attached hydrogens (tertiary/aromatic N) is 2. The summed E-state index contributed by atoms with van der Waals surface area (Å²) in [5.41, 5.74) is 7.04. The van der Waals surface area contributed by atoms with Crippen molar-refractivity contribution in [3.8, 4) is 0 Å². The van der Waals surface area contributed by atoms with Gasteiger partial charge in [-0.25, -0.2) is 13.2 Å². The minimum Gasteiger partial charge on any atom is -0.352 e. The minimum atomic E-state index is -3.59. The summed E-state index contributed by atoms with van der Waals surface area (Å²) in [7, 11) is -3.59. The number of piperazine rings is 1. The van der Waals surface area contributed by atoms with Crippen molar-refractivity contribution in [1.82, 2.24) is 14.5 Å². The van der Waals surface area contributed by atoms with Gasteiger partial charge < -0.3 is 16.0 Å². The van der Waals surface area contributed by atoms with Gasteiger partial charge in [-0.1, -0.05) is 48.0 Å². The highest BCUT2D eigenvalue weighted by molar-refractivity contribution is 7.89. The van der Waals surface area contributed by atoms with E-state index in [4.69, 9.17) is 5.73 Å². The molecule has 0 radical (unpaired) electrons. The zero-order chi connectivity index (χ0) is 21.7. The number of primary amides is 1. The van der Waals surface area contributed by atoms with Gasteiger partial charge >= 0.3 is 6.03 Å². The van der Waals surface area contributed by atoms with Crippen LogP contribution in [0.25, 0.3) is 0 Å².